The second kappa shape index (κ2) is 9.41. The predicted octanol–water partition coefficient (Wildman–Crippen LogP) is 5.30. The summed E-state index contributed by atoms with van der Waals surface area (Å²) in [5.41, 5.74) is 2.94. The molecule has 0 radical (unpaired) electrons. The zero-order valence-corrected chi connectivity index (χ0v) is 19.2. The van der Waals surface area contributed by atoms with E-state index in [1.165, 1.54) is 18.5 Å². The molecule has 0 saturated heterocycles. The third-order valence-corrected chi connectivity index (χ3v) is 6.95. The highest BCUT2D eigenvalue weighted by molar-refractivity contribution is 6.02. The highest BCUT2D eigenvalue weighted by Gasteiger charge is 2.43. The van der Waals surface area contributed by atoms with Crippen molar-refractivity contribution in [3.8, 4) is 28.8 Å². The molecule has 176 valence electrons. The van der Waals surface area contributed by atoms with Gasteiger partial charge in [0.2, 0.25) is 0 Å². The topological polar surface area (TPSA) is 92.4 Å². The van der Waals surface area contributed by atoms with Gasteiger partial charge in [-0.3, -0.25) is 4.79 Å². The lowest BCUT2D eigenvalue weighted by Gasteiger charge is -2.39. The molecule has 3 atom stereocenters. The third-order valence-electron chi connectivity index (χ3n) is 6.95. The number of hydrogen-bond acceptors (Lipinski definition) is 6. The number of alkyl halides is 1. The zero-order valence-electron chi connectivity index (χ0n) is 19.2. The molecule has 35 heavy (non-hydrogen) atoms. The van der Waals surface area contributed by atoms with Crippen LogP contribution in [0.2, 0.25) is 0 Å². The summed E-state index contributed by atoms with van der Waals surface area (Å²) in [5.74, 6) is -0.830. The lowest BCUT2D eigenvalue weighted by molar-refractivity contribution is -0.121. The fourth-order valence-electron chi connectivity index (χ4n) is 5.36. The number of aromatic nitrogens is 4. The Morgan fingerprint density at radius 2 is 2.03 bits per heavy atom. The van der Waals surface area contributed by atoms with Crippen LogP contribution >= 0.6 is 0 Å². The number of carbonyl (C=O) groups excluding carboxylic acids is 1. The first-order chi connectivity index (χ1) is 17.0. The SMILES string of the molecule is CCCC1C(=O)C(C#N)=CC2c3nc(-c4cc(CF)ncn4)nc(-c4ccccc4F)c3CCC12. The van der Waals surface area contributed by atoms with Crippen LogP contribution in [0, 0.1) is 29.0 Å². The molecule has 5 rings (SSSR count). The van der Waals surface area contributed by atoms with Gasteiger partial charge in [-0.25, -0.2) is 28.7 Å². The molecular weight excluding hydrogens is 448 g/mol. The van der Waals surface area contributed by atoms with Crippen LogP contribution in [0.4, 0.5) is 8.78 Å². The Balaban J connectivity index is 1.76. The maximum Gasteiger partial charge on any atom is 0.179 e. The summed E-state index contributed by atoms with van der Waals surface area (Å²) >= 11 is 0. The minimum Gasteiger partial charge on any atom is -0.293 e. The van der Waals surface area contributed by atoms with E-state index in [4.69, 9.17) is 9.97 Å². The van der Waals surface area contributed by atoms with E-state index < -0.39 is 12.5 Å². The highest BCUT2D eigenvalue weighted by atomic mass is 19.1. The first-order valence-corrected chi connectivity index (χ1v) is 11.7. The van der Waals surface area contributed by atoms with Crippen LogP contribution in [0.1, 0.15) is 49.1 Å². The van der Waals surface area contributed by atoms with Crippen molar-refractivity contribution in [2.75, 3.05) is 0 Å². The predicted molar refractivity (Wildman–Crippen MR) is 125 cm³/mol. The molecule has 0 saturated carbocycles. The summed E-state index contributed by atoms with van der Waals surface area (Å²) in [7, 11) is 0. The van der Waals surface area contributed by atoms with E-state index in [9.17, 15) is 18.8 Å². The summed E-state index contributed by atoms with van der Waals surface area (Å²) in [6, 6.07) is 9.96. The Hall–Kier alpha value is -3.86. The average molecular weight is 472 g/mol. The molecule has 0 fully saturated rings. The second-order valence-corrected chi connectivity index (χ2v) is 8.95. The third kappa shape index (κ3) is 4.01. The Kier molecular flexibility index (Phi) is 6.16. The van der Waals surface area contributed by atoms with E-state index in [0.717, 1.165) is 12.0 Å². The summed E-state index contributed by atoms with van der Waals surface area (Å²) < 4.78 is 28.2. The van der Waals surface area contributed by atoms with Gasteiger partial charge in [0.15, 0.2) is 11.6 Å². The van der Waals surface area contributed by atoms with Gasteiger partial charge in [0.25, 0.3) is 0 Å². The molecule has 3 unspecified atom stereocenters. The number of fused-ring (bicyclic) bond motifs is 3. The molecule has 2 aliphatic carbocycles. The number of benzene rings is 1. The molecule has 2 aliphatic rings. The maximum atomic E-state index is 14.9. The van der Waals surface area contributed by atoms with Crippen molar-refractivity contribution in [2.24, 2.45) is 11.8 Å². The fraction of sp³-hybridized carbons (Fsp3) is 0.333. The van der Waals surface area contributed by atoms with Gasteiger partial charge in [0.05, 0.1) is 22.7 Å². The Bertz CT molecular complexity index is 1380. The maximum absolute atomic E-state index is 14.9. The number of rotatable bonds is 5. The Morgan fingerprint density at radius 1 is 1.20 bits per heavy atom. The number of carbonyl (C=O) groups is 1. The summed E-state index contributed by atoms with van der Waals surface area (Å²) in [5, 5.41) is 9.67. The van der Waals surface area contributed by atoms with Crippen LogP contribution in [0.25, 0.3) is 22.8 Å². The van der Waals surface area contributed by atoms with Crippen LogP contribution in [-0.2, 0) is 17.9 Å². The van der Waals surface area contributed by atoms with Crippen molar-refractivity contribution in [1.82, 2.24) is 19.9 Å². The molecule has 3 aromatic rings. The average Bonchev–Trinajstić information content (AvgIpc) is 2.89. The molecule has 0 amide bonds. The lowest BCUT2D eigenvalue weighted by Crippen LogP contribution is -2.37. The molecular formula is C27H23F2N5O. The van der Waals surface area contributed by atoms with E-state index in [0.29, 0.717) is 41.9 Å². The number of allylic oxidation sites excluding steroid dienone is 2. The minimum atomic E-state index is -0.763. The van der Waals surface area contributed by atoms with Gasteiger partial charge in [-0.1, -0.05) is 31.6 Å². The van der Waals surface area contributed by atoms with Gasteiger partial charge >= 0.3 is 0 Å². The van der Waals surface area contributed by atoms with Crippen molar-refractivity contribution >= 4 is 5.78 Å². The number of Topliss-reactive ketones (excluding diaryl/α,β-unsaturated/α-hetero) is 1. The van der Waals surface area contributed by atoms with Gasteiger partial charge in [-0.2, -0.15) is 5.26 Å². The number of nitriles is 1. The molecule has 0 aliphatic heterocycles. The van der Waals surface area contributed by atoms with Crippen molar-refractivity contribution in [3.05, 3.63) is 71.1 Å². The quantitative estimate of drug-likeness (QED) is 0.501. The molecule has 2 heterocycles. The van der Waals surface area contributed by atoms with Crippen molar-refractivity contribution in [1.29, 1.82) is 5.26 Å². The van der Waals surface area contributed by atoms with Crippen LogP contribution in [-0.4, -0.2) is 25.7 Å². The number of hydrogen-bond donors (Lipinski definition) is 0. The monoisotopic (exact) mass is 471 g/mol. The van der Waals surface area contributed by atoms with Crippen molar-refractivity contribution in [2.45, 2.75) is 45.2 Å². The molecule has 2 aromatic heterocycles. The summed E-state index contributed by atoms with van der Waals surface area (Å²) in [6.07, 6.45) is 5.79. The summed E-state index contributed by atoms with van der Waals surface area (Å²) in [6.45, 7) is 1.26. The van der Waals surface area contributed by atoms with E-state index in [1.807, 2.05) is 6.92 Å². The zero-order chi connectivity index (χ0) is 24.5. The molecule has 6 nitrogen and oxygen atoms in total. The van der Waals surface area contributed by atoms with Gasteiger partial charge in [-0.05, 0) is 43.4 Å². The first-order valence-electron chi connectivity index (χ1n) is 11.7. The van der Waals surface area contributed by atoms with Crippen LogP contribution in [0.3, 0.4) is 0 Å². The Morgan fingerprint density at radius 3 is 2.77 bits per heavy atom. The standard InChI is InChI=1S/C27H23F2N5O/c1-2-5-18-17-8-9-20-24(19-6-3-4-7-22(19)29)33-27(23-11-16(12-28)31-14-32-23)34-25(20)21(17)10-15(13-30)26(18)35/h3-4,6-7,10-11,14,17-18,21H,2,5,8-9,12H2,1H3. The lowest BCUT2D eigenvalue weighted by atomic mass is 9.64. The second-order valence-electron chi connectivity index (χ2n) is 8.95. The summed E-state index contributed by atoms with van der Waals surface area (Å²) in [4.78, 5) is 30.7. The molecule has 0 bridgehead atoms. The van der Waals surface area contributed by atoms with E-state index in [2.05, 4.69) is 16.0 Å². The highest BCUT2D eigenvalue weighted by Crippen LogP contribution is 2.48. The molecule has 1 aromatic carbocycles. The van der Waals surface area contributed by atoms with E-state index in [-0.39, 0.29) is 40.6 Å². The Labute approximate surface area is 201 Å². The van der Waals surface area contributed by atoms with E-state index >= 15 is 0 Å². The number of nitrogens with zero attached hydrogens (tertiary/aromatic N) is 5. The van der Waals surface area contributed by atoms with Crippen LogP contribution in [0.15, 0.2) is 48.3 Å². The molecule has 8 heteroatoms. The van der Waals surface area contributed by atoms with Crippen LogP contribution < -0.4 is 0 Å². The van der Waals surface area contributed by atoms with Crippen LogP contribution in [0.5, 0.6) is 0 Å². The first kappa shape index (κ1) is 22.9. The normalized spacial score (nSPS) is 21.0. The van der Waals surface area contributed by atoms with Crippen molar-refractivity contribution < 1.29 is 13.6 Å². The smallest absolute Gasteiger partial charge is 0.179 e. The largest absolute Gasteiger partial charge is 0.293 e. The molecule has 0 spiro atoms. The molecule has 0 N–H and O–H groups in total. The minimum absolute atomic E-state index is 0.00456. The van der Waals surface area contributed by atoms with Gasteiger partial charge in [0.1, 0.15) is 30.6 Å². The van der Waals surface area contributed by atoms with Gasteiger partial charge in [0, 0.05) is 23.0 Å². The van der Waals surface area contributed by atoms with Gasteiger partial charge in [-0.15, -0.1) is 0 Å². The number of halogens is 2. The number of ketones is 1. The fourth-order valence-corrected chi connectivity index (χ4v) is 5.36. The van der Waals surface area contributed by atoms with Crippen molar-refractivity contribution in [3.63, 3.8) is 0 Å². The van der Waals surface area contributed by atoms with E-state index in [1.54, 1.807) is 24.3 Å². The van der Waals surface area contributed by atoms with Gasteiger partial charge < -0.3 is 0 Å².